The number of anilines is 1. The summed E-state index contributed by atoms with van der Waals surface area (Å²) in [5.74, 6) is 0.424. The molecule has 1 aliphatic rings. The van der Waals surface area contributed by atoms with E-state index in [2.05, 4.69) is 15.6 Å². The second-order valence-corrected chi connectivity index (χ2v) is 6.98. The molecule has 0 saturated heterocycles. The molecular weight excluding hydrogens is 380 g/mol. The molecule has 1 atom stereocenters. The Hall–Kier alpha value is -2.90. The number of aryl methyl sites for hydroxylation is 1. The van der Waals surface area contributed by atoms with Crippen LogP contribution in [-0.2, 0) is 17.9 Å². The van der Waals surface area contributed by atoms with E-state index in [0.717, 1.165) is 16.9 Å². The van der Waals surface area contributed by atoms with E-state index in [1.807, 2.05) is 37.3 Å². The van der Waals surface area contributed by atoms with E-state index >= 15 is 0 Å². The molecule has 0 aliphatic carbocycles. The van der Waals surface area contributed by atoms with Gasteiger partial charge in [-0.25, -0.2) is 4.68 Å². The number of amides is 1. The minimum Gasteiger partial charge on any atom is -0.497 e. The van der Waals surface area contributed by atoms with Crippen LogP contribution in [0, 0.1) is 6.92 Å². The number of rotatable bonds is 4. The van der Waals surface area contributed by atoms with E-state index in [9.17, 15) is 4.79 Å². The molecule has 0 spiro atoms. The second-order valence-electron chi connectivity index (χ2n) is 6.58. The zero-order chi connectivity index (χ0) is 19.7. The van der Waals surface area contributed by atoms with Crippen LogP contribution in [0.4, 0.5) is 5.69 Å². The summed E-state index contributed by atoms with van der Waals surface area (Å²) in [6.45, 7) is 2.66. The summed E-state index contributed by atoms with van der Waals surface area (Å²) in [6.07, 6.45) is -0.164. The molecular formula is C20H19ClN4O3. The highest BCUT2D eigenvalue weighted by atomic mass is 35.5. The molecule has 1 amide bonds. The number of aromatic nitrogens is 3. The number of fused-ring (bicyclic) bond motifs is 1. The monoisotopic (exact) mass is 398 g/mol. The van der Waals surface area contributed by atoms with Crippen molar-refractivity contribution in [2.24, 2.45) is 0 Å². The zero-order valence-corrected chi connectivity index (χ0v) is 16.2. The smallest absolute Gasteiger partial charge is 0.278 e. The molecule has 144 valence electrons. The molecule has 0 bridgehead atoms. The number of hydrogen-bond donors (Lipinski definition) is 1. The third kappa shape index (κ3) is 3.58. The van der Waals surface area contributed by atoms with E-state index < -0.39 is 0 Å². The molecule has 0 fully saturated rings. The van der Waals surface area contributed by atoms with Gasteiger partial charge in [0.2, 0.25) is 0 Å². The van der Waals surface area contributed by atoms with Gasteiger partial charge in [0.05, 0.1) is 36.7 Å². The maximum absolute atomic E-state index is 12.7. The Morgan fingerprint density at radius 2 is 2.07 bits per heavy atom. The number of carbonyl (C=O) groups is 1. The van der Waals surface area contributed by atoms with Crippen LogP contribution in [0.15, 0.2) is 42.5 Å². The highest BCUT2D eigenvalue weighted by Gasteiger charge is 2.28. The lowest BCUT2D eigenvalue weighted by atomic mass is 10.1. The summed E-state index contributed by atoms with van der Waals surface area (Å²) in [4.78, 5) is 12.7. The molecule has 0 radical (unpaired) electrons. The van der Waals surface area contributed by atoms with Gasteiger partial charge in [-0.15, -0.1) is 5.10 Å². The molecule has 0 saturated carbocycles. The maximum atomic E-state index is 12.7. The van der Waals surface area contributed by atoms with Gasteiger partial charge in [0.25, 0.3) is 5.91 Å². The van der Waals surface area contributed by atoms with Gasteiger partial charge in [-0.3, -0.25) is 4.79 Å². The largest absolute Gasteiger partial charge is 0.497 e. The second kappa shape index (κ2) is 7.61. The van der Waals surface area contributed by atoms with Crippen LogP contribution in [0.1, 0.15) is 33.4 Å². The topological polar surface area (TPSA) is 78.3 Å². The summed E-state index contributed by atoms with van der Waals surface area (Å²) < 4.78 is 12.9. The van der Waals surface area contributed by atoms with Gasteiger partial charge in [0.1, 0.15) is 11.9 Å². The van der Waals surface area contributed by atoms with Gasteiger partial charge >= 0.3 is 0 Å². The third-order valence-electron chi connectivity index (χ3n) is 4.67. The van der Waals surface area contributed by atoms with Crippen LogP contribution < -0.4 is 10.1 Å². The number of nitrogens with zero attached hydrogens (tertiary/aromatic N) is 3. The molecule has 4 rings (SSSR count). The number of benzene rings is 2. The van der Waals surface area contributed by atoms with E-state index in [0.29, 0.717) is 22.9 Å². The predicted molar refractivity (Wildman–Crippen MR) is 105 cm³/mol. The number of methoxy groups -OCH3 is 1. The van der Waals surface area contributed by atoms with Gasteiger partial charge in [-0.05, 0) is 42.3 Å². The lowest BCUT2D eigenvalue weighted by Crippen LogP contribution is -2.24. The molecule has 8 heteroatoms. The summed E-state index contributed by atoms with van der Waals surface area (Å²) in [7, 11) is 1.63. The van der Waals surface area contributed by atoms with Crippen molar-refractivity contribution in [1.29, 1.82) is 0 Å². The maximum Gasteiger partial charge on any atom is 0.278 e. The van der Waals surface area contributed by atoms with Gasteiger partial charge < -0.3 is 14.8 Å². The summed E-state index contributed by atoms with van der Waals surface area (Å²) >= 11 is 6.20. The summed E-state index contributed by atoms with van der Waals surface area (Å²) in [5.41, 5.74) is 3.45. The van der Waals surface area contributed by atoms with Crippen LogP contribution in [0.3, 0.4) is 0 Å². The number of halogens is 1. The molecule has 1 aromatic heterocycles. The van der Waals surface area contributed by atoms with E-state index in [-0.39, 0.29) is 24.3 Å². The first-order valence-electron chi connectivity index (χ1n) is 8.80. The van der Waals surface area contributed by atoms with E-state index in [4.69, 9.17) is 21.1 Å². The third-order valence-corrected chi connectivity index (χ3v) is 4.99. The fraction of sp³-hybridized carbons (Fsp3) is 0.250. The SMILES string of the molecule is COc1ccc(C2Cn3nnc(C(=O)Nc4ccc(C)cc4Cl)c3CO2)cc1. The van der Waals surface area contributed by atoms with Crippen molar-refractivity contribution in [3.8, 4) is 5.75 Å². The van der Waals surface area contributed by atoms with Crippen molar-refractivity contribution in [2.75, 3.05) is 12.4 Å². The first-order valence-corrected chi connectivity index (χ1v) is 9.18. The van der Waals surface area contributed by atoms with Crippen molar-refractivity contribution in [2.45, 2.75) is 26.2 Å². The Kier molecular flexibility index (Phi) is 5.02. The van der Waals surface area contributed by atoms with Crippen LogP contribution in [0.2, 0.25) is 5.02 Å². The molecule has 1 unspecified atom stereocenters. The van der Waals surface area contributed by atoms with Crippen molar-refractivity contribution in [3.05, 3.63) is 70.0 Å². The van der Waals surface area contributed by atoms with Gasteiger partial charge in [-0.2, -0.15) is 0 Å². The van der Waals surface area contributed by atoms with Crippen molar-refractivity contribution >= 4 is 23.2 Å². The van der Waals surface area contributed by atoms with Crippen molar-refractivity contribution in [3.63, 3.8) is 0 Å². The Morgan fingerprint density at radius 1 is 1.29 bits per heavy atom. The van der Waals surface area contributed by atoms with Gasteiger partial charge in [-0.1, -0.05) is 35.0 Å². The molecule has 1 N–H and O–H groups in total. The summed E-state index contributed by atoms with van der Waals surface area (Å²) in [5, 5.41) is 11.5. The molecule has 7 nitrogen and oxygen atoms in total. The average molecular weight is 399 g/mol. The predicted octanol–water partition coefficient (Wildman–Crippen LogP) is 3.77. The van der Waals surface area contributed by atoms with Crippen LogP contribution >= 0.6 is 11.6 Å². The normalized spacial score (nSPS) is 15.8. The number of carbonyl (C=O) groups excluding carboxylic acids is 1. The zero-order valence-electron chi connectivity index (χ0n) is 15.5. The average Bonchev–Trinajstić information content (AvgIpc) is 3.13. The quantitative estimate of drug-likeness (QED) is 0.723. The number of nitrogens with one attached hydrogen (secondary N) is 1. The Balaban J connectivity index is 1.50. The lowest BCUT2D eigenvalue weighted by Gasteiger charge is -2.24. The number of ether oxygens (including phenoxy) is 2. The van der Waals surface area contributed by atoms with Gasteiger partial charge in [0.15, 0.2) is 5.69 Å². The molecule has 3 aromatic rings. The fourth-order valence-electron chi connectivity index (χ4n) is 3.11. The Bertz CT molecular complexity index is 1020. The first kappa shape index (κ1) is 18.5. The first-order chi connectivity index (χ1) is 13.5. The minimum absolute atomic E-state index is 0.164. The number of hydrogen-bond acceptors (Lipinski definition) is 5. The highest BCUT2D eigenvalue weighted by Crippen LogP contribution is 2.29. The fourth-order valence-corrected chi connectivity index (χ4v) is 3.39. The van der Waals surface area contributed by atoms with Crippen LogP contribution in [-0.4, -0.2) is 28.0 Å². The molecule has 2 aromatic carbocycles. The highest BCUT2D eigenvalue weighted by molar-refractivity contribution is 6.34. The minimum atomic E-state index is -0.362. The molecule has 1 aliphatic heterocycles. The van der Waals surface area contributed by atoms with Crippen molar-refractivity contribution in [1.82, 2.24) is 15.0 Å². The standard InChI is InChI=1S/C20H19ClN4O3/c1-12-3-8-16(15(21)9-12)22-20(26)19-17-11-28-18(10-25(17)24-23-19)13-4-6-14(27-2)7-5-13/h3-9,18H,10-11H2,1-2H3,(H,22,26). The molecule has 2 heterocycles. The summed E-state index contributed by atoms with van der Waals surface area (Å²) in [6, 6.07) is 13.1. The van der Waals surface area contributed by atoms with Crippen LogP contribution in [0.5, 0.6) is 5.75 Å². The lowest BCUT2D eigenvalue weighted by molar-refractivity contribution is -0.00173. The van der Waals surface area contributed by atoms with Crippen LogP contribution in [0.25, 0.3) is 0 Å². The molecule has 28 heavy (non-hydrogen) atoms. The van der Waals surface area contributed by atoms with Crippen molar-refractivity contribution < 1.29 is 14.3 Å². The Labute approximate surface area is 167 Å². The van der Waals surface area contributed by atoms with E-state index in [1.165, 1.54) is 0 Å². The Morgan fingerprint density at radius 3 is 2.79 bits per heavy atom. The van der Waals surface area contributed by atoms with Gasteiger partial charge in [0, 0.05) is 0 Å². The van der Waals surface area contributed by atoms with E-state index in [1.54, 1.807) is 23.9 Å².